The summed E-state index contributed by atoms with van der Waals surface area (Å²) in [5.74, 6) is 1.07. The monoisotopic (exact) mass is 398 g/mol. The van der Waals surface area contributed by atoms with Crippen molar-refractivity contribution in [2.75, 3.05) is 26.6 Å². The molecule has 29 heavy (non-hydrogen) atoms. The lowest BCUT2D eigenvalue weighted by Gasteiger charge is -2.31. The van der Waals surface area contributed by atoms with Crippen LogP contribution in [0, 0.1) is 5.92 Å². The number of nitrogens with zero attached hydrogens (tertiary/aromatic N) is 1. The van der Waals surface area contributed by atoms with Gasteiger partial charge in [-0.1, -0.05) is 26.0 Å². The molecule has 0 fully saturated rings. The van der Waals surface area contributed by atoms with Gasteiger partial charge in [0.2, 0.25) is 5.91 Å². The minimum absolute atomic E-state index is 0.0738. The third-order valence-electron chi connectivity index (χ3n) is 5.02. The normalized spacial score (nSPS) is 16.2. The lowest BCUT2D eigenvalue weighted by Crippen LogP contribution is -2.47. The molecule has 1 aliphatic rings. The Labute approximate surface area is 170 Å². The summed E-state index contributed by atoms with van der Waals surface area (Å²) in [6.45, 7) is 4.15. The van der Waals surface area contributed by atoms with Crippen molar-refractivity contribution in [1.82, 2.24) is 4.90 Å². The number of anilines is 1. The second kappa shape index (κ2) is 8.43. The number of carbonyl (C=O) groups excluding carboxylic acids is 2. The van der Waals surface area contributed by atoms with E-state index in [1.807, 2.05) is 38.1 Å². The van der Waals surface area contributed by atoms with Crippen molar-refractivity contribution >= 4 is 17.5 Å². The molecule has 3 rings (SSSR count). The first-order valence-corrected chi connectivity index (χ1v) is 9.40. The molecule has 2 aromatic rings. The number of hydrogen-bond acceptors (Lipinski definition) is 5. The van der Waals surface area contributed by atoms with Crippen molar-refractivity contribution in [1.29, 1.82) is 0 Å². The van der Waals surface area contributed by atoms with Crippen molar-refractivity contribution < 1.29 is 23.8 Å². The molecule has 0 bridgehead atoms. The van der Waals surface area contributed by atoms with Gasteiger partial charge in [-0.3, -0.25) is 9.59 Å². The number of rotatable bonds is 6. The van der Waals surface area contributed by atoms with Gasteiger partial charge in [0.1, 0.15) is 11.8 Å². The smallest absolute Gasteiger partial charge is 0.257 e. The second-order valence-corrected chi connectivity index (χ2v) is 7.21. The van der Waals surface area contributed by atoms with Crippen LogP contribution in [0.2, 0.25) is 0 Å². The van der Waals surface area contributed by atoms with E-state index in [4.69, 9.17) is 14.2 Å². The van der Waals surface area contributed by atoms with E-state index in [2.05, 4.69) is 5.32 Å². The van der Waals surface area contributed by atoms with Crippen LogP contribution >= 0.6 is 0 Å². The molecule has 0 saturated heterocycles. The van der Waals surface area contributed by atoms with E-state index in [0.717, 1.165) is 11.3 Å². The van der Waals surface area contributed by atoms with Crippen LogP contribution in [-0.4, -0.2) is 44.1 Å². The first-order chi connectivity index (χ1) is 13.9. The third-order valence-corrected chi connectivity index (χ3v) is 5.02. The zero-order valence-electron chi connectivity index (χ0n) is 17.3. The maximum Gasteiger partial charge on any atom is 0.257 e. The van der Waals surface area contributed by atoms with E-state index >= 15 is 0 Å². The molecule has 1 unspecified atom stereocenters. The SMILES string of the molecule is COc1ccc(CN2C(=O)c3cc(OC)c(OC)cc3NC(=O)C2C(C)C)cc1. The molecule has 0 aromatic heterocycles. The Morgan fingerprint density at radius 3 is 2.14 bits per heavy atom. The quantitative estimate of drug-likeness (QED) is 0.808. The summed E-state index contributed by atoms with van der Waals surface area (Å²) in [6, 6.07) is 10.1. The number of hydrogen-bond donors (Lipinski definition) is 1. The first-order valence-electron chi connectivity index (χ1n) is 9.40. The van der Waals surface area contributed by atoms with E-state index in [1.165, 1.54) is 14.2 Å². The summed E-state index contributed by atoms with van der Waals surface area (Å²) in [5, 5.41) is 2.89. The Balaban J connectivity index is 2.06. The van der Waals surface area contributed by atoms with Crippen LogP contribution in [0.3, 0.4) is 0 Å². The Kier molecular flexibility index (Phi) is 5.96. The molecule has 0 spiro atoms. The van der Waals surface area contributed by atoms with E-state index in [-0.39, 0.29) is 17.7 Å². The average molecular weight is 398 g/mol. The highest BCUT2D eigenvalue weighted by Crippen LogP contribution is 2.36. The molecule has 7 heteroatoms. The molecular weight excluding hydrogens is 372 g/mol. The van der Waals surface area contributed by atoms with Gasteiger partial charge in [-0.25, -0.2) is 0 Å². The second-order valence-electron chi connectivity index (χ2n) is 7.21. The number of ether oxygens (including phenoxy) is 3. The maximum absolute atomic E-state index is 13.5. The van der Waals surface area contributed by atoms with Crippen LogP contribution < -0.4 is 19.5 Å². The zero-order chi connectivity index (χ0) is 21.1. The van der Waals surface area contributed by atoms with Crippen molar-refractivity contribution in [2.24, 2.45) is 5.92 Å². The van der Waals surface area contributed by atoms with Crippen LogP contribution in [0.4, 0.5) is 5.69 Å². The topological polar surface area (TPSA) is 77.1 Å². The van der Waals surface area contributed by atoms with E-state index in [1.54, 1.807) is 24.1 Å². The van der Waals surface area contributed by atoms with Gasteiger partial charge in [-0.05, 0) is 29.7 Å². The van der Waals surface area contributed by atoms with Crippen LogP contribution in [0.25, 0.3) is 0 Å². The zero-order valence-corrected chi connectivity index (χ0v) is 17.3. The van der Waals surface area contributed by atoms with E-state index in [9.17, 15) is 9.59 Å². The highest BCUT2D eigenvalue weighted by molar-refractivity contribution is 6.10. The molecule has 1 atom stereocenters. The molecule has 0 radical (unpaired) electrons. The number of nitrogens with one attached hydrogen (secondary N) is 1. The highest BCUT2D eigenvalue weighted by Gasteiger charge is 2.38. The lowest BCUT2D eigenvalue weighted by molar-refractivity contribution is -0.121. The van der Waals surface area contributed by atoms with Gasteiger partial charge >= 0.3 is 0 Å². The fourth-order valence-corrected chi connectivity index (χ4v) is 3.55. The van der Waals surface area contributed by atoms with Crippen LogP contribution in [0.5, 0.6) is 17.2 Å². The predicted octanol–water partition coefficient (Wildman–Crippen LogP) is 3.33. The van der Waals surface area contributed by atoms with Gasteiger partial charge in [0.05, 0.1) is 32.6 Å². The van der Waals surface area contributed by atoms with E-state index in [0.29, 0.717) is 29.3 Å². The summed E-state index contributed by atoms with van der Waals surface area (Å²) >= 11 is 0. The molecule has 1 heterocycles. The molecule has 0 saturated carbocycles. The fourth-order valence-electron chi connectivity index (χ4n) is 3.55. The Morgan fingerprint density at radius 1 is 0.966 bits per heavy atom. The molecule has 2 amide bonds. The van der Waals surface area contributed by atoms with Crippen molar-refractivity contribution in [2.45, 2.75) is 26.4 Å². The number of amides is 2. The largest absolute Gasteiger partial charge is 0.497 e. The summed E-state index contributed by atoms with van der Waals surface area (Å²) in [6.07, 6.45) is 0. The summed E-state index contributed by atoms with van der Waals surface area (Å²) in [7, 11) is 4.62. The number of benzene rings is 2. The van der Waals surface area contributed by atoms with Crippen LogP contribution in [0.15, 0.2) is 36.4 Å². The summed E-state index contributed by atoms with van der Waals surface area (Å²) < 4.78 is 15.9. The maximum atomic E-state index is 13.5. The molecule has 154 valence electrons. The van der Waals surface area contributed by atoms with E-state index < -0.39 is 6.04 Å². The number of fused-ring (bicyclic) bond motifs is 1. The standard InChI is InChI=1S/C22H26N2O5/c1-13(2)20-21(25)23-17-11-19(29-5)18(28-4)10-16(17)22(26)24(20)12-14-6-8-15(27-3)9-7-14/h6-11,13,20H,12H2,1-5H3,(H,23,25). The van der Waals surface area contributed by atoms with Gasteiger partial charge in [0.25, 0.3) is 5.91 Å². The van der Waals surface area contributed by atoms with Crippen molar-refractivity contribution in [3.05, 3.63) is 47.5 Å². The molecule has 7 nitrogen and oxygen atoms in total. The predicted molar refractivity (Wildman–Crippen MR) is 110 cm³/mol. The van der Waals surface area contributed by atoms with Crippen LogP contribution in [0.1, 0.15) is 29.8 Å². The van der Waals surface area contributed by atoms with Gasteiger partial charge < -0.3 is 24.4 Å². The molecule has 1 aliphatic heterocycles. The minimum Gasteiger partial charge on any atom is -0.497 e. The Morgan fingerprint density at radius 2 is 1.59 bits per heavy atom. The number of carbonyl (C=O) groups is 2. The van der Waals surface area contributed by atoms with Gasteiger partial charge in [0, 0.05) is 12.6 Å². The number of methoxy groups -OCH3 is 3. The highest BCUT2D eigenvalue weighted by atomic mass is 16.5. The molecule has 2 aromatic carbocycles. The van der Waals surface area contributed by atoms with Crippen molar-refractivity contribution in [3.8, 4) is 17.2 Å². The van der Waals surface area contributed by atoms with Gasteiger partial charge in [-0.2, -0.15) is 0 Å². The minimum atomic E-state index is -0.617. The third kappa shape index (κ3) is 3.99. The Hall–Kier alpha value is -3.22. The molecule has 0 aliphatic carbocycles. The first kappa shape index (κ1) is 20.5. The van der Waals surface area contributed by atoms with Gasteiger partial charge in [0.15, 0.2) is 11.5 Å². The molecule has 1 N–H and O–H groups in total. The summed E-state index contributed by atoms with van der Waals surface area (Å²) in [5.41, 5.74) is 1.69. The lowest BCUT2D eigenvalue weighted by atomic mass is 10.0. The summed E-state index contributed by atoms with van der Waals surface area (Å²) in [4.78, 5) is 28.1. The fraction of sp³-hybridized carbons (Fsp3) is 0.364. The van der Waals surface area contributed by atoms with Crippen LogP contribution in [-0.2, 0) is 11.3 Å². The Bertz CT molecular complexity index is 908. The van der Waals surface area contributed by atoms with Crippen molar-refractivity contribution in [3.63, 3.8) is 0 Å². The van der Waals surface area contributed by atoms with Gasteiger partial charge in [-0.15, -0.1) is 0 Å². The molecular formula is C22H26N2O5. The average Bonchev–Trinajstić information content (AvgIpc) is 2.81.